The first-order valence-electron chi connectivity index (χ1n) is 5.99. The fourth-order valence-electron chi connectivity index (χ4n) is 1.69. The van der Waals surface area contributed by atoms with Crippen LogP contribution in [0.4, 0.5) is 0 Å². The van der Waals surface area contributed by atoms with Gasteiger partial charge in [0, 0.05) is 16.6 Å². The van der Waals surface area contributed by atoms with E-state index in [-0.39, 0.29) is 16.5 Å². The van der Waals surface area contributed by atoms with Crippen LogP contribution in [-0.2, 0) is 16.6 Å². The minimum atomic E-state index is -3.74. The summed E-state index contributed by atoms with van der Waals surface area (Å²) >= 11 is 17.7. The highest BCUT2D eigenvalue weighted by molar-refractivity contribution is 7.89. The second-order valence-electron chi connectivity index (χ2n) is 4.48. The molecule has 7 heteroatoms. The zero-order valence-corrected chi connectivity index (χ0v) is 14.1. The summed E-state index contributed by atoms with van der Waals surface area (Å²) in [6.07, 6.45) is 0. The molecule has 112 valence electrons. The summed E-state index contributed by atoms with van der Waals surface area (Å²) in [6.45, 7) is 1.99. The highest BCUT2D eigenvalue weighted by Gasteiger charge is 2.18. The van der Waals surface area contributed by atoms with Crippen molar-refractivity contribution in [1.29, 1.82) is 0 Å². The highest BCUT2D eigenvalue weighted by atomic mass is 35.5. The molecule has 0 spiro atoms. The number of hydrogen-bond donors (Lipinski definition) is 1. The van der Waals surface area contributed by atoms with Gasteiger partial charge in [0.1, 0.15) is 4.90 Å². The SMILES string of the molecule is Cc1ccc(CNS(=O)(=O)c2cc(Cl)ccc2Cl)cc1Cl. The normalized spacial score (nSPS) is 11.6. The van der Waals surface area contributed by atoms with Gasteiger partial charge >= 0.3 is 0 Å². The van der Waals surface area contributed by atoms with Crippen LogP contribution in [0.5, 0.6) is 0 Å². The lowest BCUT2D eigenvalue weighted by atomic mass is 10.1. The van der Waals surface area contributed by atoms with Gasteiger partial charge in [-0.1, -0.05) is 46.9 Å². The predicted octanol–water partition coefficient (Wildman–Crippen LogP) is 4.43. The van der Waals surface area contributed by atoms with Crippen LogP contribution in [0.2, 0.25) is 15.1 Å². The molecular formula is C14H12Cl3NO2S. The van der Waals surface area contributed by atoms with Crippen molar-refractivity contribution >= 4 is 44.8 Å². The van der Waals surface area contributed by atoms with E-state index in [0.717, 1.165) is 11.1 Å². The molecule has 0 saturated heterocycles. The highest BCUT2D eigenvalue weighted by Crippen LogP contribution is 2.25. The summed E-state index contributed by atoms with van der Waals surface area (Å²) in [5, 5.41) is 1.01. The Hall–Kier alpha value is -0.780. The van der Waals surface area contributed by atoms with Crippen LogP contribution >= 0.6 is 34.8 Å². The first-order valence-corrected chi connectivity index (χ1v) is 8.61. The van der Waals surface area contributed by atoms with Gasteiger partial charge in [0.15, 0.2) is 0 Å². The number of sulfonamides is 1. The molecule has 0 radical (unpaired) electrons. The van der Waals surface area contributed by atoms with Gasteiger partial charge in [-0.05, 0) is 42.3 Å². The van der Waals surface area contributed by atoms with Crippen LogP contribution in [0.3, 0.4) is 0 Å². The van der Waals surface area contributed by atoms with Crippen molar-refractivity contribution in [3.8, 4) is 0 Å². The standard InChI is InChI=1S/C14H12Cl3NO2S/c1-9-2-3-10(6-13(9)17)8-18-21(19,20)14-7-11(15)4-5-12(14)16/h2-7,18H,8H2,1H3. The summed E-state index contributed by atoms with van der Waals surface area (Å²) in [6, 6.07) is 9.65. The van der Waals surface area contributed by atoms with Crippen molar-refractivity contribution in [2.75, 3.05) is 0 Å². The molecule has 21 heavy (non-hydrogen) atoms. The molecule has 0 fully saturated rings. The van der Waals surface area contributed by atoms with E-state index in [1.807, 2.05) is 19.1 Å². The second kappa shape index (κ2) is 6.55. The molecule has 0 atom stereocenters. The Kier molecular flexibility index (Phi) is 5.17. The maximum atomic E-state index is 12.2. The van der Waals surface area contributed by atoms with Crippen LogP contribution in [0.25, 0.3) is 0 Å². The van der Waals surface area contributed by atoms with E-state index >= 15 is 0 Å². The Morgan fingerprint density at radius 3 is 2.38 bits per heavy atom. The van der Waals surface area contributed by atoms with Crippen LogP contribution in [0.1, 0.15) is 11.1 Å². The lowest BCUT2D eigenvalue weighted by molar-refractivity contribution is 0.581. The Labute approximate surface area is 138 Å². The van der Waals surface area contributed by atoms with Crippen molar-refractivity contribution in [2.24, 2.45) is 0 Å². The third-order valence-corrected chi connectivity index (χ3v) is 5.41. The van der Waals surface area contributed by atoms with Crippen molar-refractivity contribution in [3.05, 3.63) is 62.6 Å². The van der Waals surface area contributed by atoms with Gasteiger partial charge in [0.05, 0.1) is 5.02 Å². The monoisotopic (exact) mass is 363 g/mol. The molecule has 0 aliphatic rings. The van der Waals surface area contributed by atoms with Crippen molar-refractivity contribution in [2.45, 2.75) is 18.4 Å². The van der Waals surface area contributed by atoms with Gasteiger partial charge in [0.2, 0.25) is 10.0 Å². The first-order chi connectivity index (χ1) is 9.79. The van der Waals surface area contributed by atoms with E-state index in [1.165, 1.54) is 18.2 Å². The third-order valence-electron chi connectivity index (χ3n) is 2.89. The maximum absolute atomic E-state index is 12.2. The van der Waals surface area contributed by atoms with Gasteiger partial charge in [-0.15, -0.1) is 0 Å². The Morgan fingerprint density at radius 2 is 1.71 bits per heavy atom. The molecule has 0 bridgehead atoms. The van der Waals surface area contributed by atoms with Gasteiger partial charge in [-0.2, -0.15) is 0 Å². The fraction of sp³-hybridized carbons (Fsp3) is 0.143. The Bertz CT molecular complexity index is 776. The molecule has 1 N–H and O–H groups in total. The maximum Gasteiger partial charge on any atom is 0.242 e. The lowest BCUT2D eigenvalue weighted by Gasteiger charge is -2.09. The van der Waals surface area contributed by atoms with E-state index in [1.54, 1.807) is 6.07 Å². The molecule has 0 aliphatic heterocycles. The number of benzene rings is 2. The number of hydrogen-bond acceptors (Lipinski definition) is 2. The average Bonchev–Trinajstić information content (AvgIpc) is 2.43. The summed E-state index contributed by atoms with van der Waals surface area (Å²) in [4.78, 5) is -0.0464. The van der Waals surface area contributed by atoms with E-state index in [4.69, 9.17) is 34.8 Å². The molecule has 0 aliphatic carbocycles. The number of halogens is 3. The van der Waals surface area contributed by atoms with E-state index in [2.05, 4.69) is 4.72 Å². The third kappa shape index (κ3) is 4.11. The zero-order chi connectivity index (χ0) is 15.6. The summed E-state index contributed by atoms with van der Waals surface area (Å²) in [5.41, 5.74) is 1.69. The molecule has 2 rings (SSSR count). The molecule has 3 nitrogen and oxygen atoms in total. The minimum Gasteiger partial charge on any atom is -0.207 e. The zero-order valence-electron chi connectivity index (χ0n) is 11.0. The number of aryl methyl sites for hydroxylation is 1. The van der Waals surface area contributed by atoms with Crippen LogP contribution in [0.15, 0.2) is 41.3 Å². The van der Waals surface area contributed by atoms with Crippen LogP contribution in [-0.4, -0.2) is 8.42 Å². The van der Waals surface area contributed by atoms with Gasteiger partial charge in [0.25, 0.3) is 0 Å². The van der Waals surface area contributed by atoms with Crippen LogP contribution < -0.4 is 4.72 Å². The molecule has 0 unspecified atom stereocenters. The molecule has 0 saturated carbocycles. The minimum absolute atomic E-state index is 0.0464. The average molecular weight is 365 g/mol. The van der Waals surface area contributed by atoms with Crippen molar-refractivity contribution < 1.29 is 8.42 Å². The van der Waals surface area contributed by atoms with Crippen molar-refractivity contribution in [1.82, 2.24) is 4.72 Å². The van der Waals surface area contributed by atoms with E-state index in [0.29, 0.717) is 10.0 Å². The Morgan fingerprint density at radius 1 is 1.00 bits per heavy atom. The summed E-state index contributed by atoms with van der Waals surface area (Å²) in [5.74, 6) is 0. The molecule has 0 aromatic heterocycles. The second-order valence-corrected chi connectivity index (χ2v) is 7.47. The largest absolute Gasteiger partial charge is 0.242 e. The fourth-order valence-corrected chi connectivity index (χ4v) is 3.67. The first kappa shape index (κ1) is 16.6. The summed E-state index contributed by atoms with van der Waals surface area (Å²) in [7, 11) is -3.74. The molecule has 0 heterocycles. The van der Waals surface area contributed by atoms with Crippen molar-refractivity contribution in [3.63, 3.8) is 0 Å². The molecule has 0 amide bonds. The number of nitrogens with one attached hydrogen (secondary N) is 1. The van der Waals surface area contributed by atoms with Gasteiger partial charge in [-0.25, -0.2) is 13.1 Å². The number of rotatable bonds is 4. The summed E-state index contributed by atoms with van der Waals surface area (Å²) < 4.78 is 27.0. The van der Waals surface area contributed by atoms with Gasteiger partial charge in [-0.3, -0.25) is 0 Å². The predicted molar refractivity (Wildman–Crippen MR) is 86.7 cm³/mol. The lowest BCUT2D eigenvalue weighted by Crippen LogP contribution is -2.23. The molecule has 2 aromatic rings. The Balaban J connectivity index is 2.21. The quantitative estimate of drug-likeness (QED) is 0.872. The van der Waals surface area contributed by atoms with E-state index in [9.17, 15) is 8.42 Å². The van der Waals surface area contributed by atoms with E-state index < -0.39 is 10.0 Å². The van der Waals surface area contributed by atoms with Crippen LogP contribution in [0, 0.1) is 6.92 Å². The smallest absolute Gasteiger partial charge is 0.207 e. The molecular weight excluding hydrogens is 353 g/mol. The molecule has 2 aromatic carbocycles. The van der Waals surface area contributed by atoms with Gasteiger partial charge < -0.3 is 0 Å². The topological polar surface area (TPSA) is 46.2 Å².